The van der Waals surface area contributed by atoms with E-state index in [1.165, 1.54) is 37.1 Å². The number of carbonyl (C=O) groups is 1. The molecule has 0 spiro atoms. The van der Waals surface area contributed by atoms with Crippen LogP contribution < -0.4 is 5.32 Å². The lowest BCUT2D eigenvalue weighted by molar-refractivity contribution is -0.137. The number of phenols is 2. The van der Waals surface area contributed by atoms with Gasteiger partial charge in [0.05, 0.1) is 11.2 Å². The maximum atomic E-state index is 13.0. The van der Waals surface area contributed by atoms with E-state index in [0.29, 0.717) is 37.7 Å². The zero-order chi connectivity index (χ0) is 29.6. The molecule has 3 atom stereocenters. The lowest BCUT2D eigenvalue weighted by Crippen LogP contribution is -2.43. The van der Waals surface area contributed by atoms with Crippen LogP contribution in [0.3, 0.4) is 0 Å². The number of benzene rings is 2. The van der Waals surface area contributed by atoms with E-state index < -0.39 is 23.2 Å². The molecule has 2 aromatic rings. The Morgan fingerprint density at radius 3 is 2.49 bits per heavy atom. The molecule has 2 aromatic carbocycles. The molecule has 4 rings (SSSR count). The van der Waals surface area contributed by atoms with Gasteiger partial charge in [-0.05, 0) is 125 Å². The summed E-state index contributed by atoms with van der Waals surface area (Å²) in [6.07, 6.45) is 2.46. The van der Waals surface area contributed by atoms with Gasteiger partial charge in [-0.25, -0.2) is 0 Å². The van der Waals surface area contributed by atoms with Gasteiger partial charge in [-0.3, -0.25) is 4.79 Å². The predicted molar refractivity (Wildman–Crippen MR) is 150 cm³/mol. The molecular weight excluding hydrogens is 533 g/mol. The fraction of sp³-hybridized carbons (Fsp3) is 0.531. The molecule has 0 heterocycles. The molecular formula is C32H39F3N2O4. The number of nitrogens with zero attached hydrogens (tertiary/aromatic N) is 1. The third-order valence-corrected chi connectivity index (χ3v) is 8.54. The molecule has 6 nitrogen and oxygen atoms in total. The summed E-state index contributed by atoms with van der Waals surface area (Å²) in [4.78, 5) is 14.6. The van der Waals surface area contributed by atoms with Crippen molar-refractivity contribution in [3.05, 3.63) is 59.2 Å². The van der Waals surface area contributed by atoms with Gasteiger partial charge in [0.2, 0.25) is 0 Å². The van der Waals surface area contributed by atoms with E-state index in [0.717, 1.165) is 49.5 Å². The highest BCUT2D eigenvalue weighted by Gasteiger charge is 2.40. The number of hydrogen-bond acceptors (Lipinski definition) is 5. The van der Waals surface area contributed by atoms with Crippen molar-refractivity contribution < 1.29 is 33.3 Å². The van der Waals surface area contributed by atoms with Gasteiger partial charge in [0.15, 0.2) is 11.5 Å². The minimum absolute atomic E-state index is 0.0782. The van der Waals surface area contributed by atoms with Crippen molar-refractivity contribution in [3.8, 4) is 23.3 Å². The number of rotatable bonds is 9. The first kappa shape index (κ1) is 30.7. The number of carbonyl (C=O) groups excluding carboxylic acids is 1. The highest BCUT2D eigenvalue weighted by molar-refractivity contribution is 5.94. The molecule has 0 bridgehead atoms. The van der Waals surface area contributed by atoms with Crippen LogP contribution in [0, 0.1) is 23.7 Å². The second kappa shape index (κ2) is 13.2. The van der Waals surface area contributed by atoms with Crippen molar-refractivity contribution in [2.75, 3.05) is 20.1 Å². The van der Waals surface area contributed by atoms with Crippen LogP contribution in [-0.4, -0.2) is 57.9 Å². The van der Waals surface area contributed by atoms with Crippen LogP contribution in [0.2, 0.25) is 0 Å². The van der Waals surface area contributed by atoms with Crippen LogP contribution in [0.15, 0.2) is 42.5 Å². The van der Waals surface area contributed by atoms with Crippen molar-refractivity contribution in [1.82, 2.24) is 10.2 Å². The van der Waals surface area contributed by atoms with E-state index in [4.69, 9.17) is 0 Å². The van der Waals surface area contributed by atoms with E-state index in [2.05, 4.69) is 17.2 Å². The summed E-state index contributed by atoms with van der Waals surface area (Å²) in [6.45, 7) is 1.74. The van der Waals surface area contributed by atoms with Crippen molar-refractivity contribution in [2.45, 2.75) is 75.6 Å². The van der Waals surface area contributed by atoms with Crippen LogP contribution in [0.5, 0.6) is 11.5 Å². The molecule has 0 aromatic heterocycles. The molecule has 0 radical (unpaired) electrons. The quantitative estimate of drug-likeness (QED) is 0.143. The molecule has 3 unspecified atom stereocenters. The average molecular weight is 573 g/mol. The van der Waals surface area contributed by atoms with Crippen LogP contribution in [0.25, 0.3) is 0 Å². The van der Waals surface area contributed by atoms with Crippen LogP contribution in [0.4, 0.5) is 13.2 Å². The number of alkyl halides is 3. The normalized spacial score (nSPS) is 22.9. The third-order valence-electron chi connectivity index (χ3n) is 8.54. The van der Waals surface area contributed by atoms with Gasteiger partial charge in [-0.1, -0.05) is 12.0 Å². The van der Waals surface area contributed by atoms with E-state index >= 15 is 0 Å². The van der Waals surface area contributed by atoms with Crippen LogP contribution >= 0.6 is 0 Å². The van der Waals surface area contributed by atoms with Gasteiger partial charge in [0, 0.05) is 24.6 Å². The predicted octanol–water partition coefficient (Wildman–Crippen LogP) is 5.24. The van der Waals surface area contributed by atoms with Crippen LogP contribution in [0.1, 0.15) is 68.1 Å². The topological polar surface area (TPSA) is 93.0 Å². The maximum Gasteiger partial charge on any atom is 0.416 e. The SMILES string of the molecule is CN(C(=O)C#Cc1ccc(C(F)(F)F)cc1)C1CCCC(O)(CCc2ccc(O)c(O)c2)C(CCNCC2CC2)C1. The fourth-order valence-electron chi connectivity index (χ4n) is 5.69. The summed E-state index contributed by atoms with van der Waals surface area (Å²) in [5.74, 6) is 5.14. The Morgan fingerprint density at radius 1 is 1.10 bits per heavy atom. The molecule has 9 heteroatoms. The summed E-state index contributed by atoms with van der Waals surface area (Å²) in [7, 11) is 1.69. The summed E-state index contributed by atoms with van der Waals surface area (Å²) >= 11 is 0. The molecule has 4 N–H and O–H groups in total. The Hall–Kier alpha value is -3.22. The van der Waals surface area contributed by atoms with Crippen LogP contribution in [-0.2, 0) is 17.4 Å². The van der Waals surface area contributed by atoms with Gasteiger partial charge >= 0.3 is 6.18 Å². The van der Waals surface area contributed by atoms with Crippen molar-refractivity contribution in [3.63, 3.8) is 0 Å². The summed E-state index contributed by atoms with van der Waals surface area (Å²) < 4.78 is 38.5. The van der Waals surface area contributed by atoms with Crippen molar-refractivity contribution in [2.24, 2.45) is 11.8 Å². The zero-order valence-electron chi connectivity index (χ0n) is 23.4. The van der Waals surface area contributed by atoms with Gasteiger partial charge < -0.3 is 25.5 Å². The number of phenolic OH excluding ortho intramolecular Hbond substituents is 2. The lowest BCUT2D eigenvalue weighted by atomic mass is 9.76. The second-order valence-corrected chi connectivity index (χ2v) is 11.6. The number of aromatic hydroxyl groups is 2. The Bertz CT molecular complexity index is 1250. The number of aryl methyl sites for hydroxylation is 1. The zero-order valence-corrected chi connectivity index (χ0v) is 23.4. The van der Waals surface area contributed by atoms with Gasteiger partial charge in [-0.2, -0.15) is 13.2 Å². The van der Waals surface area contributed by atoms with Gasteiger partial charge in [0.1, 0.15) is 0 Å². The van der Waals surface area contributed by atoms with Crippen molar-refractivity contribution >= 4 is 5.91 Å². The molecule has 0 saturated heterocycles. The second-order valence-electron chi connectivity index (χ2n) is 11.6. The molecule has 2 aliphatic carbocycles. The molecule has 41 heavy (non-hydrogen) atoms. The smallest absolute Gasteiger partial charge is 0.416 e. The third kappa shape index (κ3) is 8.64. The average Bonchev–Trinajstić information content (AvgIpc) is 3.78. The van der Waals surface area contributed by atoms with E-state index in [1.807, 2.05) is 0 Å². The van der Waals surface area contributed by atoms with E-state index in [9.17, 15) is 33.3 Å². The largest absolute Gasteiger partial charge is 0.504 e. The molecule has 1 amide bonds. The van der Waals surface area contributed by atoms with Crippen molar-refractivity contribution in [1.29, 1.82) is 0 Å². The number of halogens is 3. The van der Waals surface area contributed by atoms with Gasteiger partial charge in [-0.15, -0.1) is 0 Å². The minimum Gasteiger partial charge on any atom is -0.504 e. The Kier molecular flexibility index (Phi) is 9.88. The molecule has 0 aliphatic heterocycles. The first-order valence-electron chi connectivity index (χ1n) is 14.3. The number of hydrogen-bond donors (Lipinski definition) is 4. The van der Waals surface area contributed by atoms with E-state index in [1.54, 1.807) is 18.0 Å². The van der Waals surface area contributed by atoms with E-state index in [-0.39, 0.29) is 23.5 Å². The minimum atomic E-state index is -4.43. The lowest BCUT2D eigenvalue weighted by Gasteiger charge is -2.37. The van der Waals surface area contributed by atoms with Gasteiger partial charge in [0.25, 0.3) is 5.91 Å². The Morgan fingerprint density at radius 2 is 1.83 bits per heavy atom. The summed E-state index contributed by atoms with van der Waals surface area (Å²) in [5, 5.41) is 35.0. The highest BCUT2D eigenvalue weighted by Crippen LogP contribution is 2.40. The first-order chi connectivity index (χ1) is 19.4. The first-order valence-corrected chi connectivity index (χ1v) is 14.3. The molecule has 2 saturated carbocycles. The highest BCUT2D eigenvalue weighted by atomic mass is 19.4. The Labute approximate surface area is 239 Å². The molecule has 2 fully saturated rings. The summed E-state index contributed by atoms with van der Waals surface area (Å²) in [6, 6.07) is 8.99. The summed E-state index contributed by atoms with van der Waals surface area (Å²) in [5.41, 5.74) is -0.572. The number of nitrogens with one attached hydrogen (secondary N) is 1. The number of aliphatic hydroxyl groups is 1. The fourth-order valence-corrected chi connectivity index (χ4v) is 5.69. The molecule has 2 aliphatic rings. The Balaban J connectivity index is 1.43. The number of amides is 1. The standard InChI is InChI=1S/C32H39F3N2O4/c1-37(30(40)13-9-22-6-10-25(11-7-22)32(33,34)35)27-3-2-16-31(41,17-14-23-8-12-28(38)29(39)19-23)26(20-27)15-18-36-21-24-4-5-24/h6-8,10-12,19,24,26-27,36,38-39,41H,2-5,14-18,20-21H2,1H3. The monoisotopic (exact) mass is 572 g/mol. The maximum absolute atomic E-state index is 13.0. The molecule has 222 valence electrons.